The maximum atomic E-state index is 12.0. The predicted octanol–water partition coefficient (Wildman–Crippen LogP) is 2.46. The normalized spacial score (nSPS) is 10.2. The van der Waals surface area contributed by atoms with Gasteiger partial charge in [-0.3, -0.25) is 14.4 Å². The van der Waals surface area contributed by atoms with Gasteiger partial charge in [0.25, 0.3) is 11.8 Å². The van der Waals surface area contributed by atoms with Crippen LogP contribution in [0.5, 0.6) is 5.75 Å². The first-order valence-electron chi connectivity index (χ1n) is 8.98. The van der Waals surface area contributed by atoms with Gasteiger partial charge in [-0.25, -0.2) is 0 Å². The SMILES string of the molecule is Cc1cccc(C(=O)NCC(=O)OCC(=O)N(C)CCOc2ccc(Cl)cc2)c1. The van der Waals surface area contributed by atoms with Gasteiger partial charge in [0.2, 0.25) is 0 Å². The Labute approximate surface area is 174 Å². The summed E-state index contributed by atoms with van der Waals surface area (Å²) in [6, 6.07) is 13.9. The first-order valence-corrected chi connectivity index (χ1v) is 9.36. The monoisotopic (exact) mass is 418 g/mol. The molecule has 2 rings (SSSR count). The molecule has 0 aliphatic heterocycles. The third-order valence-corrected chi connectivity index (χ3v) is 4.22. The number of benzene rings is 2. The van der Waals surface area contributed by atoms with Crippen LogP contribution < -0.4 is 10.1 Å². The Morgan fingerprint density at radius 1 is 1.10 bits per heavy atom. The van der Waals surface area contributed by atoms with Crippen LogP contribution in [0.2, 0.25) is 5.02 Å². The lowest BCUT2D eigenvalue weighted by molar-refractivity contribution is -0.150. The molecule has 0 aliphatic rings. The van der Waals surface area contributed by atoms with Crippen LogP contribution in [0.3, 0.4) is 0 Å². The zero-order valence-corrected chi connectivity index (χ0v) is 17.1. The number of nitrogens with zero attached hydrogens (tertiary/aromatic N) is 1. The largest absolute Gasteiger partial charge is 0.492 e. The van der Waals surface area contributed by atoms with E-state index in [1.54, 1.807) is 49.5 Å². The van der Waals surface area contributed by atoms with Gasteiger partial charge in [0, 0.05) is 17.6 Å². The second-order valence-electron chi connectivity index (χ2n) is 6.33. The molecule has 2 aromatic carbocycles. The highest BCUT2D eigenvalue weighted by Crippen LogP contribution is 2.15. The van der Waals surface area contributed by atoms with E-state index in [0.717, 1.165) is 5.56 Å². The molecule has 0 heterocycles. The summed E-state index contributed by atoms with van der Waals surface area (Å²) in [5, 5.41) is 3.08. The average Bonchev–Trinajstić information content (AvgIpc) is 2.71. The van der Waals surface area contributed by atoms with Gasteiger partial charge in [-0.05, 0) is 43.3 Å². The van der Waals surface area contributed by atoms with Crippen molar-refractivity contribution in [3.8, 4) is 5.75 Å². The van der Waals surface area contributed by atoms with E-state index in [0.29, 0.717) is 22.9 Å². The minimum Gasteiger partial charge on any atom is -0.492 e. The van der Waals surface area contributed by atoms with Crippen LogP contribution in [-0.4, -0.2) is 56.0 Å². The Morgan fingerprint density at radius 2 is 1.83 bits per heavy atom. The highest BCUT2D eigenvalue weighted by Gasteiger charge is 2.13. The molecule has 0 unspecified atom stereocenters. The first kappa shape index (κ1) is 22.2. The highest BCUT2D eigenvalue weighted by atomic mass is 35.5. The molecule has 2 amide bonds. The van der Waals surface area contributed by atoms with Gasteiger partial charge in [0.1, 0.15) is 18.9 Å². The van der Waals surface area contributed by atoms with Crippen molar-refractivity contribution >= 4 is 29.4 Å². The molecule has 7 nitrogen and oxygen atoms in total. The van der Waals surface area contributed by atoms with Crippen LogP contribution in [0.4, 0.5) is 0 Å². The van der Waals surface area contributed by atoms with Gasteiger partial charge in [-0.1, -0.05) is 29.3 Å². The van der Waals surface area contributed by atoms with E-state index in [-0.39, 0.29) is 25.0 Å². The number of likely N-dealkylation sites (N-methyl/N-ethyl adjacent to an activating group) is 1. The lowest BCUT2D eigenvalue weighted by atomic mass is 10.1. The number of carbonyl (C=O) groups is 3. The van der Waals surface area contributed by atoms with Crippen molar-refractivity contribution in [2.75, 3.05) is 33.4 Å². The van der Waals surface area contributed by atoms with Crippen molar-refractivity contribution in [1.29, 1.82) is 0 Å². The van der Waals surface area contributed by atoms with E-state index < -0.39 is 12.6 Å². The van der Waals surface area contributed by atoms with E-state index >= 15 is 0 Å². The van der Waals surface area contributed by atoms with Crippen molar-refractivity contribution in [2.24, 2.45) is 0 Å². The zero-order valence-electron chi connectivity index (χ0n) is 16.3. The minimum atomic E-state index is -0.690. The molecule has 29 heavy (non-hydrogen) atoms. The fraction of sp³-hybridized carbons (Fsp3) is 0.286. The number of rotatable bonds is 9. The molecule has 154 valence electrons. The maximum absolute atomic E-state index is 12.0. The fourth-order valence-corrected chi connectivity index (χ4v) is 2.43. The molecule has 0 aromatic heterocycles. The third-order valence-electron chi connectivity index (χ3n) is 3.96. The number of ether oxygens (including phenoxy) is 2. The quantitative estimate of drug-likeness (QED) is 0.632. The van der Waals surface area contributed by atoms with Crippen LogP contribution >= 0.6 is 11.6 Å². The molecule has 1 N–H and O–H groups in total. The summed E-state index contributed by atoms with van der Waals surface area (Å²) in [7, 11) is 1.58. The summed E-state index contributed by atoms with van der Waals surface area (Å²) in [5.41, 5.74) is 1.39. The van der Waals surface area contributed by atoms with Gasteiger partial charge in [-0.15, -0.1) is 0 Å². The van der Waals surface area contributed by atoms with Crippen LogP contribution in [0.25, 0.3) is 0 Å². The Hall–Kier alpha value is -3.06. The highest BCUT2D eigenvalue weighted by molar-refractivity contribution is 6.30. The summed E-state index contributed by atoms with van der Waals surface area (Å²) in [6.45, 7) is 1.75. The number of esters is 1. The van der Waals surface area contributed by atoms with Crippen molar-refractivity contribution in [3.63, 3.8) is 0 Å². The average molecular weight is 419 g/mol. The lowest BCUT2D eigenvalue weighted by Gasteiger charge is -2.17. The first-order chi connectivity index (χ1) is 13.8. The topological polar surface area (TPSA) is 84.9 Å². The molecule has 8 heteroatoms. The molecule has 0 saturated carbocycles. The Kier molecular flexibility index (Phi) is 8.48. The number of amides is 2. The molecule has 0 spiro atoms. The lowest BCUT2D eigenvalue weighted by Crippen LogP contribution is -2.36. The number of hydrogen-bond acceptors (Lipinski definition) is 5. The molecular formula is C21H23ClN2O5. The summed E-state index contributed by atoms with van der Waals surface area (Å²) in [6.07, 6.45) is 0. The van der Waals surface area contributed by atoms with E-state index in [1.807, 2.05) is 13.0 Å². The summed E-state index contributed by atoms with van der Waals surface area (Å²) < 4.78 is 10.4. The summed E-state index contributed by atoms with van der Waals surface area (Å²) >= 11 is 5.80. The molecule has 0 atom stereocenters. The number of nitrogens with one attached hydrogen (secondary N) is 1. The molecule has 2 aromatic rings. The number of aryl methyl sites for hydroxylation is 1. The molecule has 0 bridgehead atoms. The fourth-order valence-electron chi connectivity index (χ4n) is 2.30. The van der Waals surface area contributed by atoms with E-state index in [9.17, 15) is 14.4 Å². The smallest absolute Gasteiger partial charge is 0.325 e. The summed E-state index contributed by atoms with van der Waals surface area (Å²) in [5.74, 6) is -0.798. The number of halogens is 1. The molecule has 0 aliphatic carbocycles. The van der Waals surface area contributed by atoms with E-state index in [4.69, 9.17) is 21.1 Å². The van der Waals surface area contributed by atoms with Gasteiger partial charge >= 0.3 is 5.97 Å². The van der Waals surface area contributed by atoms with Gasteiger partial charge in [-0.2, -0.15) is 0 Å². The number of hydrogen-bond donors (Lipinski definition) is 1. The van der Waals surface area contributed by atoms with Crippen molar-refractivity contribution in [3.05, 3.63) is 64.7 Å². The van der Waals surface area contributed by atoms with Crippen LogP contribution in [-0.2, 0) is 14.3 Å². The zero-order chi connectivity index (χ0) is 21.2. The predicted molar refractivity (Wildman–Crippen MR) is 109 cm³/mol. The van der Waals surface area contributed by atoms with Gasteiger partial charge in [0.15, 0.2) is 6.61 Å². The molecule has 0 radical (unpaired) electrons. The van der Waals surface area contributed by atoms with Crippen molar-refractivity contribution in [2.45, 2.75) is 6.92 Å². The maximum Gasteiger partial charge on any atom is 0.325 e. The standard InChI is InChI=1S/C21H23ClN2O5/c1-15-4-3-5-16(12-15)21(27)23-13-20(26)29-14-19(25)24(2)10-11-28-18-8-6-17(22)7-9-18/h3-9,12H,10-11,13-14H2,1-2H3,(H,23,27). The Bertz CT molecular complexity index is 854. The third kappa shape index (κ3) is 7.83. The molecule has 0 fully saturated rings. The van der Waals surface area contributed by atoms with Crippen LogP contribution in [0.1, 0.15) is 15.9 Å². The second kappa shape index (κ2) is 11.1. The van der Waals surface area contributed by atoms with Crippen LogP contribution in [0.15, 0.2) is 48.5 Å². The Morgan fingerprint density at radius 3 is 2.52 bits per heavy atom. The van der Waals surface area contributed by atoms with Crippen LogP contribution in [0, 0.1) is 6.92 Å². The Balaban J connectivity index is 1.64. The minimum absolute atomic E-state index is 0.282. The molecular weight excluding hydrogens is 396 g/mol. The summed E-state index contributed by atoms with van der Waals surface area (Å²) in [4.78, 5) is 37.2. The van der Waals surface area contributed by atoms with Gasteiger partial charge in [0.05, 0.1) is 6.54 Å². The number of carbonyl (C=O) groups excluding carboxylic acids is 3. The second-order valence-corrected chi connectivity index (χ2v) is 6.77. The molecule has 0 saturated heterocycles. The van der Waals surface area contributed by atoms with Gasteiger partial charge < -0.3 is 19.7 Å². The van der Waals surface area contributed by atoms with E-state index in [2.05, 4.69) is 5.32 Å². The van der Waals surface area contributed by atoms with E-state index in [1.165, 1.54) is 4.90 Å². The van der Waals surface area contributed by atoms with Crippen molar-refractivity contribution < 1.29 is 23.9 Å². The van der Waals surface area contributed by atoms with Crippen molar-refractivity contribution in [1.82, 2.24) is 10.2 Å².